The number of nitrogens with zero attached hydrogens (tertiary/aromatic N) is 4. The summed E-state index contributed by atoms with van der Waals surface area (Å²) in [6.45, 7) is 4.44. The fourth-order valence-corrected chi connectivity index (χ4v) is 4.92. The van der Waals surface area contributed by atoms with E-state index < -0.39 is 10.0 Å². The van der Waals surface area contributed by atoms with E-state index >= 15 is 0 Å². The fraction of sp³-hybridized carbons (Fsp3) is 0.333. The summed E-state index contributed by atoms with van der Waals surface area (Å²) in [5, 5.41) is 8.89. The molecule has 8 nitrogen and oxygen atoms in total. The van der Waals surface area contributed by atoms with Crippen molar-refractivity contribution in [1.82, 2.24) is 13.9 Å². The second-order valence-electron chi connectivity index (χ2n) is 6.86. The molecule has 3 aromatic rings. The summed E-state index contributed by atoms with van der Waals surface area (Å²) in [6, 6.07) is 14.0. The Hall–Kier alpha value is -2.93. The van der Waals surface area contributed by atoms with Crippen LogP contribution in [0.4, 0.5) is 0 Å². The average Bonchev–Trinajstić information content (AvgIpc) is 3.15. The molecule has 0 N–H and O–H groups in total. The summed E-state index contributed by atoms with van der Waals surface area (Å²) in [7, 11) is -3.58. The number of fused-ring (bicyclic) bond motifs is 1. The van der Waals surface area contributed by atoms with Crippen LogP contribution in [0.3, 0.4) is 0 Å². The Balaban J connectivity index is 1.60. The summed E-state index contributed by atoms with van der Waals surface area (Å²) in [4.78, 5) is 4.86. The van der Waals surface area contributed by atoms with Crippen LogP contribution in [0.1, 0.15) is 18.3 Å². The number of nitriles is 1. The van der Waals surface area contributed by atoms with Gasteiger partial charge in [-0.2, -0.15) is 9.57 Å². The lowest BCUT2D eigenvalue weighted by molar-refractivity contribution is 0.0730. The highest BCUT2D eigenvalue weighted by Gasteiger charge is 2.27. The van der Waals surface area contributed by atoms with E-state index in [0.29, 0.717) is 55.5 Å². The van der Waals surface area contributed by atoms with E-state index in [1.165, 1.54) is 4.31 Å². The van der Waals surface area contributed by atoms with Crippen molar-refractivity contribution in [2.24, 2.45) is 0 Å². The zero-order chi connectivity index (χ0) is 21.1. The Bertz CT molecular complexity index is 1190. The number of hydrogen-bond donors (Lipinski definition) is 0. The molecular formula is C21H22N4O4S. The van der Waals surface area contributed by atoms with Crippen molar-refractivity contribution < 1.29 is 17.9 Å². The van der Waals surface area contributed by atoms with Crippen LogP contribution in [-0.2, 0) is 27.9 Å². The van der Waals surface area contributed by atoms with Crippen molar-refractivity contribution in [3.63, 3.8) is 0 Å². The second-order valence-corrected chi connectivity index (χ2v) is 8.80. The monoisotopic (exact) mass is 426 g/mol. The Morgan fingerprint density at radius 2 is 1.90 bits per heavy atom. The SMILES string of the molecule is CCn1c(COc2ccc(C#N)cc2)nc2cc(S(=O)(=O)N3CCOCC3)ccc21. The average molecular weight is 426 g/mol. The normalized spacial score (nSPS) is 15.2. The van der Waals surface area contributed by atoms with Crippen LogP contribution < -0.4 is 4.74 Å². The molecule has 4 rings (SSSR count). The van der Waals surface area contributed by atoms with Crippen LogP contribution in [-0.4, -0.2) is 48.6 Å². The molecule has 0 aliphatic carbocycles. The number of morpholine rings is 1. The number of benzene rings is 2. The maximum absolute atomic E-state index is 12.9. The number of ether oxygens (including phenoxy) is 2. The van der Waals surface area contributed by atoms with Crippen molar-refractivity contribution in [3.05, 3.63) is 53.9 Å². The first-order valence-electron chi connectivity index (χ1n) is 9.73. The van der Waals surface area contributed by atoms with Crippen LogP contribution in [0.5, 0.6) is 5.75 Å². The molecule has 30 heavy (non-hydrogen) atoms. The van der Waals surface area contributed by atoms with Gasteiger partial charge >= 0.3 is 0 Å². The third kappa shape index (κ3) is 3.89. The first kappa shape index (κ1) is 20.3. The predicted octanol–water partition coefficient (Wildman–Crippen LogP) is 2.53. The van der Waals surface area contributed by atoms with Gasteiger partial charge in [0, 0.05) is 19.6 Å². The zero-order valence-corrected chi connectivity index (χ0v) is 17.4. The first-order valence-corrected chi connectivity index (χ1v) is 11.2. The maximum atomic E-state index is 12.9. The van der Waals surface area contributed by atoms with Crippen molar-refractivity contribution >= 4 is 21.1 Å². The summed E-state index contributed by atoms with van der Waals surface area (Å²) < 4.78 is 40.4. The third-order valence-corrected chi connectivity index (χ3v) is 6.97. The molecule has 0 bridgehead atoms. The minimum atomic E-state index is -3.58. The van der Waals surface area contributed by atoms with E-state index in [4.69, 9.17) is 14.7 Å². The third-order valence-electron chi connectivity index (χ3n) is 5.07. The molecule has 1 fully saturated rings. The molecule has 0 amide bonds. The molecule has 9 heteroatoms. The molecule has 2 aromatic carbocycles. The second kappa shape index (κ2) is 8.44. The summed E-state index contributed by atoms with van der Waals surface area (Å²) >= 11 is 0. The molecule has 2 heterocycles. The van der Waals surface area contributed by atoms with Gasteiger partial charge in [-0.1, -0.05) is 0 Å². The molecular weight excluding hydrogens is 404 g/mol. The number of rotatable bonds is 6. The molecule has 1 saturated heterocycles. The van der Waals surface area contributed by atoms with Gasteiger partial charge in [0.05, 0.1) is 40.8 Å². The van der Waals surface area contributed by atoms with E-state index in [1.807, 2.05) is 11.5 Å². The van der Waals surface area contributed by atoms with Crippen molar-refractivity contribution in [1.29, 1.82) is 5.26 Å². The van der Waals surface area contributed by atoms with E-state index in [-0.39, 0.29) is 11.5 Å². The van der Waals surface area contributed by atoms with Gasteiger partial charge < -0.3 is 14.0 Å². The Kier molecular flexibility index (Phi) is 5.72. The smallest absolute Gasteiger partial charge is 0.243 e. The van der Waals surface area contributed by atoms with Gasteiger partial charge in [-0.05, 0) is 49.4 Å². The number of imidazole rings is 1. The van der Waals surface area contributed by atoms with E-state index in [1.54, 1.807) is 42.5 Å². The summed E-state index contributed by atoms with van der Waals surface area (Å²) in [5.74, 6) is 1.34. The van der Waals surface area contributed by atoms with Crippen LogP contribution >= 0.6 is 0 Å². The molecule has 156 valence electrons. The number of hydrogen-bond acceptors (Lipinski definition) is 6. The maximum Gasteiger partial charge on any atom is 0.243 e. The highest BCUT2D eigenvalue weighted by molar-refractivity contribution is 7.89. The van der Waals surface area contributed by atoms with Gasteiger partial charge in [0.2, 0.25) is 10.0 Å². The molecule has 0 saturated carbocycles. The zero-order valence-electron chi connectivity index (χ0n) is 16.6. The van der Waals surface area contributed by atoms with E-state index in [9.17, 15) is 8.42 Å². The van der Waals surface area contributed by atoms with Crippen molar-refractivity contribution in [3.8, 4) is 11.8 Å². The van der Waals surface area contributed by atoms with Gasteiger partial charge in [0.15, 0.2) is 0 Å². The Morgan fingerprint density at radius 3 is 2.57 bits per heavy atom. The minimum absolute atomic E-state index is 0.234. The lowest BCUT2D eigenvalue weighted by Gasteiger charge is -2.26. The fourth-order valence-electron chi connectivity index (χ4n) is 3.49. The lowest BCUT2D eigenvalue weighted by Crippen LogP contribution is -2.40. The molecule has 0 spiro atoms. The van der Waals surface area contributed by atoms with Crippen LogP contribution in [0.25, 0.3) is 11.0 Å². The van der Waals surface area contributed by atoms with Gasteiger partial charge in [-0.25, -0.2) is 13.4 Å². The number of aryl methyl sites for hydroxylation is 1. The predicted molar refractivity (Wildman–Crippen MR) is 110 cm³/mol. The van der Waals surface area contributed by atoms with Gasteiger partial charge in [0.25, 0.3) is 0 Å². The Labute approximate surface area is 175 Å². The molecule has 1 aromatic heterocycles. The van der Waals surface area contributed by atoms with Gasteiger partial charge in [0.1, 0.15) is 18.2 Å². The van der Waals surface area contributed by atoms with Gasteiger partial charge in [-0.3, -0.25) is 0 Å². The van der Waals surface area contributed by atoms with E-state index in [0.717, 1.165) is 5.52 Å². The van der Waals surface area contributed by atoms with E-state index in [2.05, 4.69) is 11.1 Å². The molecule has 0 atom stereocenters. The summed E-state index contributed by atoms with van der Waals surface area (Å²) in [6.07, 6.45) is 0. The largest absolute Gasteiger partial charge is 0.486 e. The van der Waals surface area contributed by atoms with Gasteiger partial charge in [-0.15, -0.1) is 0 Å². The quantitative estimate of drug-likeness (QED) is 0.601. The number of sulfonamides is 1. The lowest BCUT2D eigenvalue weighted by atomic mass is 10.2. The first-order chi connectivity index (χ1) is 14.5. The molecule has 1 aliphatic heterocycles. The van der Waals surface area contributed by atoms with Crippen LogP contribution in [0, 0.1) is 11.3 Å². The topological polar surface area (TPSA) is 97.4 Å². The standard InChI is InChI=1S/C21H22N4O4S/c1-2-25-20-8-7-18(30(26,27)24-9-11-28-12-10-24)13-19(20)23-21(25)15-29-17-5-3-16(14-22)4-6-17/h3-8,13H,2,9-12,15H2,1H3. The molecule has 1 aliphatic rings. The highest BCUT2D eigenvalue weighted by Crippen LogP contribution is 2.24. The molecule has 0 unspecified atom stereocenters. The van der Waals surface area contributed by atoms with Crippen LogP contribution in [0.2, 0.25) is 0 Å². The summed E-state index contributed by atoms with van der Waals surface area (Å²) in [5.41, 5.74) is 2.04. The number of aromatic nitrogens is 2. The highest BCUT2D eigenvalue weighted by atomic mass is 32.2. The van der Waals surface area contributed by atoms with Crippen LogP contribution in [0.15, 0.2) is 47.4 Å². The Morgan fingerprint density at radius 1 is 1.17 bits per heavy atom. The molecule has 0 radical (unpaired) electrons. The van der Waals surface area contributed by atoms with Crippen molar-refractivity contribution in [2.75, 3.05) is 26.3 Å². The van der Waals surface area contributed by atoms with Crippen molar-refractivity contribution in [2.45, 2.75) is 25.0 Å². The minimum Gasteiger partial charge on any atom is -0.486 e.